The van der Waals surface area contributed by atoms with Crippen molar-refractivity contribution in [3.05, 3.63) is 24.0 Å². The van der Waals surface area contributed by atoms with Crippen molar-refractivity contribution in [3.63, 3.8) is 0 Å². The van der Waals surface area contributed by atoms with Gasteiger partial charge in [0.15, 0.2) is 0 Å². The van der Waals surface area contributed by atoms with Crippen molar-refractivity contribution in [2.24, 2.45) is 0 Å². The Morgan fingerprint density at radius 1 is 1.24 bits per heavy atom. The Labute approximate surface area is 125 Å². The smallest absolute Gasteiger partial charge is 0.268 e. The molecule has 1 aromatic heterocycles. The molecular formula is C16H23N3O2. The molecule has 0 radical (unpaired) electrons. The molecule has 1 N–H and O–H groups in total. The summed E-state index contributed by atoms with van der Waals surface area (Å²) in [5.41, 5.74) is 0.796. The molecule has 5 nitrogen and oxygen atoms in total. The van der Waals surface area contributed by atoms with Gasteiger partial charge in [0.1, 0.15) is 5.69 Å². The standard InChI is InChI=1S/C16H23N3O2/c20-16(14-4-3-9-19(14)12-5-6-12)17-13-10-21-11-15(13)18-7-1-2-8-18/h3-4,9,12-13,15H,1-2,5-8,10-11H2,(H,17,20)/t13-,15-/m0/s1. The number of carbonyl (C=O) groups excluding carboxylic acids is 1. The van der Waals surface area contributed by atoms with Crippen molar-refractivity contribution >= 4 is 5.91 Å². The van der Waals surface area contributed by atoms with Crippen LogP contribution in [0.5, 0.6) is 0 Å². The van der Waals surface area contributed by atoms with Crippen LogP contribution in [0.25, 0.3) is 0 Å². The molecule has 2 aliphatic heterocycles. The van der Waals surface area contributed by atoms with Gasteiger partial charge in [0, 0.05) is 12.2 Å². The lowest BCUT2D eigenvalue weighted by atomic mass is 10.1. The predicted molar refractivity (Wildman–Crippen MR) is 79.4 cm³/mol. The molecule has 1 saturated carbocycles. The van der Waals surface area contributed by atoms with Crippen molar-refractivity contribution in [3.8, 4) is 0 Å². The lowest BCUT2D eigenvalue weighted by Crippen LogP contribution is -2.50. The van der Waals surface area contributed by atoms with Crippen LogP contribution in [0.15, 0.2) is 18.3 Å². The minimum absolute atomic E-state index is 0.0478. The molecular weight excluding hydrogens is 266 g/mol. The van der Waals surface area contributed by atoms with Gasteiger partial charge in [0.05, 0.1) is 25.3 Å². The van der Waals surface area contributed by atoms with Crippen LogP contribution in [0, 0.1) is 0 Å². The van der Waals surface area contributed by atoms with Crippen LogP contribution in [0.2, 0.25) is 0 Å². The van der Waals surface area contributed by atoms with Crippen LogP contribution in [0.3, 0.4) is 0 Å². The summed E-state index contributed by atoms with van der Waals surface area (Å²) < 4.78 is 7.75. The zero-order valence-electron chi connectivity index (χ0n) is 12.3. The zero-order valence-corrected chi connectivity index (χ0v) is 12.3. The molecule has 1 aliphatic carbocycles. The number of hydrogen-bond donors (Lipinski definition) is 1. The molecule has 21 heavy (non-hydrogen) atoms. The Bertz CT molecular complexity index is 517. The lowest BCUT2D eigenvalue weighted by molar-refractivity contribution is 0.0907. The first kappa shape index (κ1) is 13.3. The molecule has 1 aromatic rings. The van der Waals surface area contributed by atoms with Crippen molar-refractivity contribution in [1.82, 2.24) is 14.8 Å². The average molecular weight is 289 g/mol. The summed E-state index contributed by atoms with van der Waals surface area (Å²) in [5.74, 6) is 0.0478. The van der Waals surface area contributed by atoms with Gasteiger partial charge in [-0.05, 0) is 50.9 Å². The van der Waals surface area contributed by atoms with E-state index in [1.165, 1.54) is 25.7 Å². The first-order valence-corrected chi connectivity index (χ1v) is 8.12. The van der Waals surface area contributed by atoms with Gasteiger partial charge < -0.3 is 14.6 Å². The molecule has 0 spiro atoms. The Balaban J connectivity index is 1.44. The van der Waals surface area contributed by atoms with Crippen LogP contribution in [-0.2, 0) is 4.74 Å². The summed E-state index contributed by atoms with van der Waals surface area (Å²) in [7, 11) is 0. The molecule has 0 bridgehead atoms. The summed E-state index contributed by atoms with van der Waals surface area (Å²) >= 11 is 0. The SMILES string of the molecule is O=C(N[C@H]1COC[C@@H]1N1CCCC1)c1cccn1C1CC1. The second-order valence-corrected chi connectivity index (χ2v) is 6.46. The number of rotatable bonds is 4. The van der Waals surface area contributed by atoms with Gasteiger partial charge in [-0.2, -0.15) is 0 Å². The number of carbonyl (C=O) groups is 1. The molecule has 2 atom stereocenters. The first-order chi connectivity index (χ1) is 10.3. The Hall–Kier alpha value is -1.33. The van der Waals surface area contributed by atoms with Gasteiger partial charge in [-0.25, -0.2) is 0 Å². The van der Waals surface area contributed by atoms with E-state index in [1.54, 1.807) is 0 Å². The van der Waals surface area contributed by atoms with E-state index >= 15 is 0 Å². The van der Waals surface area contributed by atoms with Gasteiger partial charge in [0.2, 0.25) is 0 Å². The number of aromatic nitrogens is 1. The summed E-state index contributed by atoms with van der Waals surface area (Å²) in [5, 5.41) is 3.20. The molecule has 3 fully saturated rings. The predicted octanol–water partition coefficient (Wildman–Crippen LogP) is 1.42. The second kappa shape index (κ2) is 5.46. The van der Waals surface area contributed by atoms with E-state index in [4.69, 9.17) is 4.74 Å². The highest BCUT2D eigenvalue weighted by Crippen LogP contribution is 2.36. The van der Waals surface area contributed by atoms with Crippen molar-refractivity contribution < 1.29 is 9.53 Å². The zero-order chi connectivity index (χ0) is 14.2. The third-order valence-corrected chi connectivity index (χ3v) is 4.93. The van der Waals surface area contributed by atoms with Crippen LogP contribution in [-0.4, -0.2) is 53.8 Å². The van der Waals surface area contributed by atoms with Gasteiger partial charge >= 0.3 is 0 Å². The van der Waals surface area contributed by atoms with E-state index in [1.807, 2.05) is 18.3 Å². The van der Waals surface area contributed by atoms with E-state index < -0.39 is 0 Å². The molecule has 5 heteroatoms. The minimum Gasteiger partial charge on any atom is -0.378 e. The van der Waals surface area contributed by atoms with E-state index in [0.717, 1.165) is 25.4 Å². The van der Waals surface area contributed by atoms with Gasteiger partial charge in [0.25, 0.3) is 5.91 Å². The van der Waals surface area contributed by atoms with Crippen molar-refractivity contribution in [2.45, 2.75) is 43.8 Å². The van der Waals surface area contributed by atoms with Crippen LogP contribution >= 0.6 is 0 Å². The molecule has 1 amide bonds. The van der Waals surface area contributed by atoms with Crippen LogP contribution < -0.4 is 5.32 Å². The van der Waals surface area contributed by atoms with E-state index in [9.17, 15) is 4.79 Å². The van der Waals surface area contributed by atoms with Gasteiger partial charge in [-0.1, -0.05) is 0 Å². The molecule has 3 heterocycles. The normalized spacial score (nSPS) is 29.9. The summed E-state index contributed by atoms with van der Waals surface area (Å²) in [6.45, 7) is 3.66. The quantitative estimate of drug-likeness (QED) is 0.912. The van der Waals surface area contributed by atoms with Gasteiger partial charge in [-0.15, -0.1) is 0 Å². The Morgan fingerprint density at radius 2 is 2.05 bits per heavy atom. The Morgan fingerprint density at radius 3 is 2.81 bits per heavy atom. The van der Waals surface area contributed by atoms with Gasteiger partial charge in [-0.3, -0.25) is 9.69 Å². The maximum atomic E-state index is 12.6. The fourth-order valence-corrected chi connectivity index (χ4v) is 3.61. The number of nitrogens with one attached hydrogen (secondary N) is 1. The third-order valence-electron chi connectivity index (χ3n) is 4.93. The first-order valence-electron chi connectivity index (χ1n) is 8.12. The molecule has 114 valence electrons. The molecule has 4 rings (SSSR count). The molecule has 2 saturated heterocycles. The van der Waals surface area contributed by atoms with E-state index in [2.05, 4.69) is 14.8 Å². The minimum atomic E-state index is 0.0478. The van der Waals surface area contributed by atoms with Crippen molar-refractivity contribution in [2.75, 3.05) is 26.3 Å². The lowest BCUT2D eigenvalue weighted by Gasteiger charge is -2.28. The maximum absolute atomic E-state index is 12.6. The maximum Gasteiger partial charge on any atom is 0.268 e. The molecule has 3 aliphatic rings. The topological polar surface area (TPSA) is 46.5 Å². The number of nitrogens with zero attached hydrogens (tertiary/aromatic N) is 2. The average Bonchev–Trinajstić information content (AvgIpc) is 2.94. The molecule has 0 aromatic carbocycles. The summed E-state index contributed by atoms with van der Waals surface area (Å²) in [6, 6.07) is 4.90. The fraction of sp³-hybridized carbons (Fsp3) is 0.688. The summed E-state index contributed by atoms with van der Waals surface area (Å²) in [6.07, 6.45) is 6.94. The molecule has 0 unspecified atom stereocenters. The van der Waals surface area contributed by atoms with E-state index in [0.29, 0.717) is 18.7 Å². The third kappa shape index (κ3) is 2.60. The van der Waals surface area contributed by atoms with Crippen molar-refractivity contribution in [1.29, 1.82) is 0 Å². The number of likely N-dealkylation sites (tertiary alicyclic amines) is 1. The number of ether oxygens (including phenoxy) is 1. The highest BCUT2D eigenvalue weighted by molar-refractivity contribution is 5.93. The van der Waals surface area contributed by atoms with E-state index in [-0.39, 0.29) is 11.9 Å². The highest BCUT2D eigenvalue weighted by atomic mass is 16.5. The fourth-order valence-electron chi connectivity index (χ4n) is 3.61. The Kier molecular flexibility index (Phi) is 3.47. The highest BCUT2D eigenvalue weighted by Gasteiger charge is 2.36. The second-order valence-electron chi connectivity index (χ2n) is 6.46. The largest absolute Gasteiger partial charge is 0.378 e. The van der Waals surface area contributed by atoms with Crippen LogP contribution in [0.4, 0.5) is 0 Å². The number of hydrogen-bond acceptors (Lipinski definition) is 3. The summed E-state index contributed by atoms with van der Waals surface area (Å²) in [4.78, 5) is 15.0. The monoisotopic (exact) mass is 289 g/mol. The number of amides is 1. The van der Waals surface area contributed by atoms with Crippen LogP contribution in [0.1, 0.15) is 42.2 Å².